The molecule has 2 heterocycles. The van der Waals surface area contributed by atoms with Crippen LogP contribution in [0.4, 0.5) is 0 Å². The first-order chi connectivity index (χ1) is 10.5. The molecule has 1 unspecified atom stereocenters. The molecule has 2 rings (SSSR count). The third-order valence-electron chi connectivity index (χ3n) is 4.28. The number of piperazine rings is 1. The average molecular weight is 325 g/mol. The van der Waals surface area contributed by atoms with Crippen LogP contribution in [-0.2, 0) is 11.2 Å². The minimum Gasteiger partial charge on any atom is -0.390 e. The van der Waals surface area contributed by atoms with Crippen molar-refractivity contribution in [3.05, 3.63) is 21.9 Å². The van der Waals surface area contributed by atoms with Crippen LogP contribution in [0.5, 0.6) is 0 Å². The van der Waals surface area contributed by atoms with E-state index in [1.807, 2.05) is 18.4 Å². The molecule has 1 amide bonds. The van der Waals surface area contributed by atoms with E-state index in [0.29, 0.717) is 19.5 Å². The molecule has 0 radical (unpaired) electrons. The second-order valence-electron chi connectivity index (χ2n) is 6.21. The number of likely N-dealkylation sites (N-methyl/N-ethyl adjacent to an activating group) is 2. The van der Waals surface area contributed by atoms with Gasteiger partial charge in [-0.2, -0.15) is 0 Å². The number of hydrogen-bond acceptors (Lipinski definition) is 5. The lowest BCUT2D eigenvalue weighted by molar-refractivity contribution is -0.130. The van der Waals surface area contributed by atoms with E-state index in [4.69, 9.17) is 0 Å². The van der Waals surface area contributed by atoms with Crippen LogP contribution in [0.2, 0.25) is 0 Å². The van der Waals surface area contributed by atoms with Crippen molar-refractivity contribution in [1.29, 1.82) is 0 Å². The lowest BCUT2D eigenvalue weighted by atomic mass is 10.1. The highest BCUT2D eigenvalue weighted by atomic mass is 32.1. The molecule has 0 saturated carbocycles. The molecule has 0 aliphatic carbocycles. The summed E-state index contributed by atoms with van der Waals surface area (Å²) in [5, 5.41) is 12.2. The fraction of sp³-hybridized carbons (Fsp3) is 0.688. The van der Waals surface area contributed by atoms with Gasteiger partial charge in [0.15, 0.2) is 0 Å². The molecule has 1 aromatic rings. The highest BCUT2D eigenvalue weighted by molar-refractivity contribution is 7.10. The predicted octanol–water partition coefficient (Wildman–Crippen LogP) is 0.666. The Morgan fingerprint density at radius 1 is 1.41 bits per heavy atom. The molecule has 6 heteroatoms. The Kier molecular flexibility index (Phi) is 6.37. The van der Waals surface area contributed by atoms with E-state index in [-0.39, 0.29) is 5.91 Å². The molecule has 1 aromatic heterocycles. The largest absolute Gasteiger partial charge is 0.390 e. The zero-order chi connectivity index (χ0) is 16.1. The van der Waals surface area contributed by atoms with Crippen molar-refractivity contribution in [2.24, 2.45) is 0 Å². The van der Waals surface area contributed by atoms with Gasteiger partial charge >= 0.3 is 0 Å². The molecule has 22 heavy (non-hydrogen) atoms. The topological polar surface area (TPSA) is 47.0 Å². The molecule has 124 valence electrons. The Labute approximate surface area is 137 Å². The minimum atomic E-state index is -0.485. The van der Waals surface area contributed by atoms with Gasteiger partial charge in [-0.3, -0.25) is 9.69 Å². The van der Waals surface area contributed by atoms with E-state index in [9.17, 15) is 9.90 Å². The summed E-state index contributed by atoms with van der Waals surface area (Å²) >= 11 is 1.66. The van der Waals surface area contributed by atoms with Gasteiger partial charge in [-0.25, -0.2) is 0 Å². The summed E-state index contributed by atoms with van der Waals surface area (Å²) in [7, 11) is 3.89. The zero-order valence-corrected chi connectivity index (χ0v) is 14.6. The van der Waals surface area contributed by atoms with Crippen molar-refractivity contribution in [3.63, 3.8) is 0 Å². The van der Waals surface area contributed by atoms with Gasteiger partial charge in [0.05, 0.1) is 12.5 Å². The summed E-state index contributed by atoms with van der Waals surface area (Å²) in [6.07, 6.45) is -0.0616. The maximum Gasteiger partial charge on any atom is 0.226 e. The van der Waals surface area contributed by atoms with Crippen LogP contribution in [-0.4, -0.2) is 85.2 Å². The van der Waals surface area contributed by atoms with Gasteiger partial charge in [-0.05, 0) is 31.0 Å². The van der Waals surface area contributed by atoms with Gasteiger partial charge in [-0.15, -0.1) is 11.3 Å². The molecule has 0 aromatic carbocycles. The van der Waals surface area contributed by atoms with Crippen LogP contribution >= 0.6 is 11.3 Å². The second-order valence-corrected chi connectivity index (χ2v) is 7.33. The van der Waals surface area contributed by atoms with Crippen LogP contribution < -0.4 is 0 Å². The van der Waals surface area contributed by atoms with Crippen molar-refractivity contribution in [3.8, 4) is 0 Å². The maximum atomic E-state index is 12.2. The highest BCUT2D eigenvalue weighted by Crippen LogP contribution is 2.16. The van der Waals surface area contributed by atoms with Crippen LogP contribution in [0.3, 0.4) is 0 Å². The standard InChI is InChI=1S/C16H27N3O2S/c1-13-14(4-9-22-13)10-16(21)18(3)11-15(20)12-19-7-5-17(2)6-8-19/h4,9,15,20H,5-8,10-12H2,1-3H3. The van der Waals surface area contributed by atoms with Crippen molar-refractivity contribution in [2.75, 3.05) is 53.4 Å². The van der Waals surface area contributed by atoms with E-state index in [2.05, 4.69) is 16.8 Å². The minimum absolute atomic E-state index is 0.0685. The fourth-order valence-corrected chi connectivity index (χ4v) is 3.42. The molecule has 1 atom stereocenters. The van der Waals surface area contributed by atoms with Crippen LogP contribution in [0.15, 0.2) is 11.4 Å². The molecule has 1 aliphatic heterocycles. The number of aliphatic hydroxyl groups is 1. The van der Waals surface area contributed by atoms with Crippen molar-refractivity contribution < 1.29 is 9.90 Å². The summed E-state index contributed by atoms with van der Waals surface area (Å²) in [6, 6.07) is 2.01. The molecular formula is C16H27N3O2S. The third kappa shape index (κ3) is 5.05. The Morgan fingerprint density at radius 2 is 2.09 bits per heavy atom. The second kappa shape index (κ2) is 8.06. The first kappa shape index (κ1) is 17.4. The van der Waals surface area contributed by atoms with Gasteiger partial charge < -0.3 is 14.9 Å². The average Bonchev–Trinajstić information content (AvgIpc) is 2.86. The number of carbonyl (C=O) groups excluding carboxylic acids is 1. The summed E-state index contributed by atoms with van der Waals surface area (Å²) < 4.78 is 0. The van der Waals surface area contributed by atoms with E-state index >= 15 is 0 Å². The molecule has 0 bridgehead atoms. The lowest BCUT2D eigenvalue weighted by Gasteiger charge is -2.34. The number of amides is 1. The summed E-state index contributed by atoms with van der Waals surface area (Å²) in [4.78, 5) is 19.6. The van der Waals surface area contributed by atoms with Gasteiger partial charge in [-0.1, -0.05) is 0 Å². The van der Waals surface area contributed by atoms with Crippen molar-refractivity contribution in [1.82, 2.24) is 14.7 Å². The fourth-order valence-electron chi connectivity index (χ4n) is 2.70. The zero-order valence-electron chi connectivity index (χ0n) is 13.8. The van der Waals surface area contributed by atoms with Gasteiger partial charge in [0.1, 0.15) is 0 Å². The Balaban J connectivity index is 1.74. The Bertz CT molecular complexity index is 483. The Hall–Kier alpha value is -0.950. The summed E-state index contributed by atoms with van der Waals surface area (Å²) in [6.45, 7) is 7.13. The highest BCUT2D eigenvalue weighted by Gasteiger charge is 2.20. The number of nitrogens with zero attached hydrogens (tertiary/aromatic N) is 3. The number of thiophene rings is 1. The van der Waals surface area contributed by atoms with Gasteiger partial charge in [0.25, 0.3) is 0 Å². The molecule has 1 N–H and O–H groups in total. The van der Waals surface area contributed by atoms with Crippen molar-refractivity contribution >= 4 is 17.2 Å². The van der Waals surface area contributed by atoms with Crippen molar-refractivity contribution in [2.45, 2.75) is 19.4 Å². The normalized spacial score (nSPS) is 18.4. The molecule has 1 fully saturated rings. The predicted molar refractivity (Wildman–Crippen MR) is 90.3 cm³/mol. The number of rotatable bonds is 6. The first-order valence-electron chi connectivity index (χ1n) is 7.81. The Morgan fingerprint density at radius 3 is 2.68 bits per heavy atom. The first-order valence-corrected chi connectivity index (χ1v) is 8.69. The monoisotopic (exact) mass is 325 g/mol. The molecule has 1 aliphatic rings. The van der Waals surface area contributed by atoms with E-state index in [1.165, 1.54) is 4.88 Å². The molecule has 1 saturated heterocycles. The maximum absolute atomic E-state index is 12.2. The number of aliphatic hydroxyl groups excluding tert-OH is 1. The smallest absolute Gasteiger partial charge is 0.226 e. The third-order valence-corrected chi connectivity index (χ3v) is 5.17. The summed E-state index contributed by atoms with van der Waals surface area (Å²) in [5.41, 5.74) is 1.09. The lowest BCUT2D eigenvalue weighted by Crippen LogP contribution is -2.49. The number of hydrogen-bond donors (Lipinski definition) is 1. The number of aryl methyl sites for hydroxylation is 1. The molecule has 5 nitrogen and oxygen atoms in total. The quantitative estimate of drug-likeness (QED) is 0.835. The van der Waals surface area contributed by atoms with Crippen LogP contribution in [0, 0.1) is 6.92 Å². The molecule has 0 spiro atoms. The van der Waals surface area contributed by atoms with Gasteiger partial charge in [0, 0.05) is 51.2 Å². The van der Waals surface area contributed by atoms with Crippen LogP contribution in [0.1, 0.15) is 10.4 Å². The van der Waals surface area contributed by atoms with Gasteiger partial charge in [0.2, 0.25) is 5.91 Å². The van der Waals surface area contributed by atoms with Crippen LogP contribution in [0.25, 0.3) is 0 Å². The molecular weight excluding hydrogens is 298 g/mol. The number of carbonyl (C=O) groups is 1. The van der Waals surface area contributed by atoms with E-state index < -0.39 is 6.10 Å². The van der Waals surface area contributed by atoms with E-state index in [1.54, 1.807) is 23.3 Å². The number of β-amino-alcohol motifs (C(OH)–C–C–N with tert-alkyl or cyclic N) is 1. The van der Waals surface area contributed by atoms with E-state index in [0.717, 1.165) is 31.7 Å². The SMILES string of the molecule is Cc1sccc1CC(=O)N(C)CC(O)CN1CCN(C)CC1. The summed E-state index contributed by atoms with van der Waals surface area (Å²) in [5.74, 6) is 0.0685.